The zero-order valence-electron chi connectivity index (χ0n) is 18.8. The van der Waals surface area contributed by atoms with Gasteiger partial charge in [0.25, 0.3) is 11.8 Å². The number of pyridine rings is 1. The van der Waals surface area contributed by atoms with Crippen LogP contribution in [0, 0.1) is 19.7 Å². The highest BCUT2D eigenvalue weighted by molar-refractivity contribution is 6.14. The SMILES string of the molecule is CC(=O)c1ccc(Cn2nc(C)c(NC(=O)c3cc(C(N)=O)nc4cccc(F)c34)c2C)cc1. The molecule has 2 amide bonds. The Balaban J connectivity index is 1.67. The number of carbonyl (C=O) groups is 3. The van der Waals surface area contributed by atoms with Crippen molar-refractivity contribution in [1.29, 1.82) is 0 Å². The number of rotatable bonds is 6. The van der Waals surface area contributed by atoms with Crippen molar-refractivity contribution in [2.24, 2.45) is 5.73 Å². The monoisotopic (exact) mass is 459 g/mol. The summed E-state index contributed by atoms with van der Waals surface area (Å²) in [5.74, 6) is -2.08. The van der Waals surface area contributed by atoms with Crippen molar-refractivity contribution in [1.82, 2.24) is 14.8 Å². The number of nitrogens with two attached hydrogens (primary N) is 1. The molecule has 2 aromatic carbocycles. The maximum Gasteiger partial charge on any atom is 0.267 e. The minimum absolute atomic E-state index is 0.00161. The Hall–Kier alpha value is -4.40. The number of ketones is 1. The summed E-state index contributed by atoms with van der Waals surface area (Å²) in [4.78, 5) is 40.5. The van der Waals surface area contributed by atoms with E-state index in [1.54, 1.807) is 30.7 Å². The van der Waals surface area contributed by atoms with E-state index in [2.05, 4.69) is 15.4 Å². The minimum atomic E-state index is -0.823. The number of primary amides is 1. The summed E-state index contributed by atoms with van der Waals surface area (Å²) < 4.78 is 16.3. The highest BCUT2D eigenvalue weighted by atomic mass is 19.1. The van der Waals surface area contributed by atoms with E-state index in [0.717, 1.165) is 5.56 Å². The van der Waals surface area contributed by atoms with Crippen LogP contribution in [0.25, 0.3) is 10.9 Å². The second-order valence-corrected chi connectivity index (χ2v) is 7.96. The summed E-state index contributed by atoms with van der Waals surface area (Å²) in [5, 5.41) is 7.31. The predicted octanol–water partition coefficient (Wildman–Crippen LogP) is 3.79. The molecular formula is C25H22FN5O3. The molecule has 8 nitrogen and oxygen atoms in total. The van der Waals surface area contributed by atoms with Gasteiger partial charge in [-0.05, 0) is 44.5 Å². The lowest BCUT2D eigenvalue weighted by molar-refractivity contribution is 0.0992. The number of anilines is 1. The fourth-order valence-corrected chi connectivity index (χ4v) is 3.78. The summed E-state index contributed by atoms with van der Waals surface area (Å²) in [5.41, 5.74) is 8.61. The van der Waals surface area contributed by atoms with Gasteiger partial charge in [-0.1, -0.05) is 30.3 Å². The number of amides is 2. The molecule has 0 fully saturated rings. The molecule has 0 bridgehead atoms. The second-order valence-electron chi connectivity index (χ2n) is 7.96. The van der Waals surface area contributed by atoms with E-state index >= 15 is 0 Å². The van der Waals surface area contributed by atoms with Crippen LogP contribution >= 0.6 is 0 Å². The normalized spacial score (nSPS) is 10.9. The first kappa shape index (κ1) is 22.8. The maximum absolute atomic E-state index is 14.6. The van der Waals surface area contributed by atoms with Crippen molar-refractivity contribution in [2.45, 2.75) is 27.3 Å². The number of hydrogen-bond donors (Lipinski definition) is 2. The molecule has 34 heavy (non-hydrogen) atoms. The molecule has 0 aliphatic heterocycles. The lowest BCUT2D eigenvalue weighted by Gasteiger charge is -2.11. The van der Waals surface area contributed by atoms with Gasteiger partial charge in [-0.3, -0.25) is 19.1 Å². The van der Waals surface area contributed by atoms with Gasteiger partial charge in [0.05, 0.1) is 34.7 Å². The lowest BCUT2D eigenvalue weighted by atomic mass is 10.1. The van der Waals surface area contributed by atoms with Crippen molar-refractivity contribution < 1.29 is 18.8 Å². The fourth-order valence-electron chi connectivity index (χ4n) is 3.78. The van der Waals surface area contributed by atoms with E-state index in [4.69, 9.17) is 5.73 Å². The number of Topliss-reactive ketones (excluding diaryl/α,β-unsaturated/α-hetero) is 1. The zero-order chi connectivity index (χ0) is 24.6. The fraction of sp³-hybridized carbons (Fsp3) is 0.160. The van der Waals surface area contributed by atoms with Crippen molar-refractivity contribution in [2.75, 3.05) is 5.32 Å². The summed E-state index contributed by atoms with van der Waals surface area (Å²) in [7, 11) is 0. The first-order chi connectivity index (χ1) is 16.2. The molecule has 0 saturated heterocycles. The van der Waals surface area contributed by atoms with Crippen LogP contribution in [-0.2, 0) is 6.54 Å². The molecule has 172 valence electrons. The summed E-state index contributed by atoms with van der Waals surface area (Å²) in [6.45, 7) is 5.49. The van der Waals surface area contributed by atoms with Gasteiger partial charge in [0, 0.05) is 10.9 Å². The Morgan fingerprint density at radius 3 is 2.44 bits per heavy atom. The van der Waals surface area contributed by atoms with E-state index in [9.17, 15) is 18.8 Å². The van der Waals surface area contributed by atoms with Crippen LogP contribution < -0.4 is 11.1 Å². The quantitative estimate of drug-likeness (QED) is 0.425. The predicted molar refractivity (Wildman–Crippen MR) is 125 cm³/mol. The van der Waals surface area contributed by atoms with Gasteiger partial charge < -0.3 is 11.1 Å². The van der Waals surface area contributed by atoms with Crippen molar-refractivity contribution in [3.63, 3.8) is 0 Å². The number of nitrogens with one attached hydrogen (secondary N) is 1. The molecule has 3 N–H and O–H groups in total. The molecule has 4 rings (SSSR count). The Morgan fingerprint density at radius 2 is 1.79 bits per heavy atom. The molecule has 0 aliphatic carbocycles. The first-order valence-electron chi connectivity index (χ1n) is 10.5. The van der Waals surface area contributed by atoms with Crippen molar-refractivity contribution >= 4 is 34.2 Å². The van der Waals surface area contributed by atoms with Gasteiger partial charge in [0.15, 0.2) is 5.78 Å². The lowest BCUT2D eigenvalue weighted by Crippen LogP contribution is -2.18. The standard InChI is InChI=1S/C25H22FN5O3/c1-13-23(14(2)31(30-13)12-16-7-9-17(10-8-16)15(3)32)29-25(34)18-11-21(24(27)33)28-20-6-4-5-19(26)22(18)20/h4-11H,12H2,1-3H3,(H2,27,33)(H,29,34). The van der Waals surface area contributed by atoms with Crippen molar-refractivity contribution in [3.8, 4) is 0 Å². The number of fused-ring (bicyclic) bond motifs is 1. The average Bonchev–Trinajstić information content (AvgIpc) is 3.06. The molecule has 2 aromatic heterocycles. The zero-order valence-corrected chi connectivity index (χ0v) is 18.8. The molecule has 0 aliphatic rings. The summed E-state index contributed by atoms with van der Waals surface area (Å²) in [6, 6.07) is 12.6. The number of aromatic nitrogens is 3. The molecule has 0 atom stereocenters. The van der Waals surface area contributed by atoms with Crippen LogP contribution in [0.4, 0.5) is 10.1 Å². The number of carbonyl (C=O) groups excluding carboxylic acids is 3. The Bertz CT molecular complexity index is 1460. The van der Waals surface area contributed by atoms with Gasteiger partial charge in [0.2, 0.25) is 0 Å². The van der Waals surface area contributed by atoms with E-state index < -0.39 is 17.6 Å². The van der Waals surface area contributed by atoms with Crippen LogP contribution in [0.5, 0.6) is 0 Å². The molecular weight excluding hydrogens is 437 g/mol. The molecule has 2 heterocycles. The number of benzene rings is 2. The Morgan fingerprint density at radius 1 is 1.09 bits per heavy atom. The van der Waals surface area contributed by atoms with Gasteiger partial charge in [-0.15, -0.1) is 0 Å². The first-order valence-corrected chi connectivity index (χ1v) is 10.5. The molecule has 0 unspecified atom stereocenters. The van der Waals surface area contributed by atoms with Crippen LogP contribution in [0.2, 0.25) is 0 Å². The molecule has 0 radical (unpaired) electrons. The largest absolute Gasteiger partial charge is 0.364 e. The van der Waals surface area contributed by atoms with Gasteiger partial charge >= 0.3 is 0 Å². The van der Waals surface area contributed by atoms with Crippen molar-refractivity contribution in [3.05, 3.63) is 88.1 Å². The van der Waals surface area contributed by atoms with E-state index in [1.807, 2.05) is 12.1 Å². The van der Waals surface area contributed by atoms with E-state index in [-0.39, 0.29) is 27.9 Å². The van der Waals surface area contributed by atoms with Gasteiger partial charge in [0.1, 0.15) is 11.5 Å². The third-order valence-electron chi connectivity index (χ3n) is 5.59. The van der Waals surface area contributed by atoms with E-state index in [0.29, 0.717) is 29.2 Å². The number of aryl methyl sites for hydroxylation is 1. The Kier molecular flexibility index (Phi) is 5.93. The minimum Gasteiger partial charge on any atom is -0.364 e. The van der Waals surface area contributed by atoms with Gasteiger partial charge in [-0.25, -0.2) is 9.37 Å². The number of hydrogen-bond acceptors (Lipinski definition) is 5. The van der Waals surface area contributed by atoms with Crippen LogP contribution in [0.3, 0.4) is 0 Å². The number of halogens is 1. The highest BCUT2D eigenvalue weighted by Crippen LogP contribution is 2.26. The second kappa shape index (κ2) is 8.86. The molecule has 0 spiro atoms. The topological polar surface area (TPSA) is 120 Å². The maximum atomic E-state index is 14.6. The van der Waals surface area contributed by atoms with Crippen LogP contribution in [0.1, 0.15) is 55.1 Å². The smallest absolute Gasteiger partial charge is 0.267 e. The van der Waals surface area contributed by atoms with Crippen LogP contribution in [0.15, 0.2) is 48.5 Å². The molecule has 4 aromatic rings. The third kappa shape index (κ3) is 4.27. The Labute approximate surface area is 194 Å². The average molecular weight is 459 g/mol. The third-order valence-corrected chi connectivity index (χ3v) is 5.59. The van der Waals surface area contributed by atoms with Gasteiger partial charge in [-0.2, -0.15) is 5.10 Å². The summed E-state index contributed by atoms with van der Waals surface area (Å²) >= 11 is 0. The molecule has 9 heteroatoms. The van der Waals surface area contributed by atoms with Crippen LogP contribution in [-0.4, -0.2) is 32.4 Å². The highest BCUT2D eigenvalue weighted by Gasteiger charge is 2.21. The molecule has 0 saturated carbocycles. The van der Waals surface area contributed by atoms with E-state index in [1.165, 1.54) is 31.2 Å². The summed E-state index contributed by atoms with van der Waals surface area (Å²) in [6.07, 6.45) is 0. The number of nitrogens with zero attached hydrogens (tertiary/aromatic N) is 3.